The van der Waals surface area contributed by atoms with Crippen molar-refractivity contribution in [1.29, 1.82) is 0 Å². The molecule has 10 heavy (non-hydrogen) atoms. The van der Waals surface area contributed by atoms with Crippen LogP contribution in [-0.4, -0.2) is 18.1 Å². The van der Waals surface area contributed by atoms with E-state index in [1.807, 2.05) is 0 Å². The summed E-state index contributed by atoms with van der Waals surface area (Å²) in [6, 6.07) is 3.34. The lowest BCUT2D eigenvalue weighted by Crippen LogP contribution is -2.00. The molecule has 0 amide bonds. The second-order valence-electron chi connectivity index (χ2n) is 1.73. The molecule has 0 spiro atoms. The van der Waals surface area contributed by atoms with E-state index in [1.54, 1.807) is 18.3 Å². The van der Waals surface area contributed by atoms with Crippen LogP contribution in [0.4, 0.5) is 0 Å². The van der Waals surface area contributed by atoms with Gasteiger partial charge in [0.05, 0.1) is 12.7 Å². The Morgan fingerprint density at radius 3 is 3.00 bits per heavy atom. The van der Waals surface area contributed by atoms with Crippen LogP contribution >= 0.6 is 0 Å². The zero-order valence-electron chi connectivity index (χ0n) is 5.57. The van der Waals surface area contributed by atoms with Crippen LogP contribution in [0.1, 0.15) is 10.4 Å². The number of nitrogens with zero attached hydrogens (tertiary/aromatic N) is 1. The predicted molar refractivity (Wildman–Crippen MR) is 35.6 cm³/mol. The van der Waals surface area contributed by atoms with Crippen molar-refractivity contribution in [1.82, 2.24) is 4.98 Å². The van der Waals surface area contributed by atoms with Gasteiger partial charge in [0.2, 0.25) is 0 Å². The molecule has 52 valence electrons. The number of hydrogen-bond donors (Lipinski definition) is 0. The van der Waals surface area contributed by atoms with E-state index in [-0.39, 0.29) is 5.97 Å². The lowest BCUT2D eigenvalue weighted by atomic mass is 9.96. The zero-order chi connectivity index (χ0) is 7.40. The van der Waals surface area contributed by atoms with Gasteiger partial charge in [-0.25, -0.2) is 4.79 Å². The van der Waals surface area contributed by atoms with Crippen molar-refractivity contribution in [2.24, 2.45) is 0 Å². The van der Waals surface area contributed by atoms with Gasteiger partial charge in [0.15, 0.2) is 0 Å². The van der Waals surface area contributed by atoms with Gasteiger partial charge in [-0.05, 0) is 12.1 Å². The monoisotopic (exact) mass is 136 g/mol. The maximum absolute atomic E-state index is 10.8. The second kappa shape index (κ2) is 2.96. The summed E-state index contributed by atoms with van der Waals surface area (Å²) in [5.74, 6) is -0.354. The molecule has 0 saturated heterocycles. The van der Waals surface area contributed by atoms with Gasteiger partial charge in [-0.15, -0.1) is 0 Å². The van der Waals surface area contributed by atoms with Crippen LogP contribution in [0.5, 0.6) is 0 Å². The minimum absolute atomic E-state index is 0.354. The number of ether oxygens (including phenoxy) is 1. The first kappa shape index (κ1) is 6.74. The zero-order valence-corrected chi connectivity index (χ0v) is 5.57. The smallest absolute Gasteiger partial charge is 0.339 e. The molecule has 1 rings (SSSR count). The molecule has 3 heteroatoms. The summed E-state index contributed by atoms with van der Waals surface area (Å²) in [7, 11) is 1.34. The van der Waals surface area contributed by atoms with Gasteiger partial charge < -0.3 is 4.74 Å². The Morgan fingerprint density at radius 2 is 2.50 bits per heavy atom. The normalized spacial score (nSPS) is 8.90. The third kappa shape index (κ3) is 1.31. The summed E-state index contributed by atoms with van der Waals surface area (Å²) >= 11 is 0. The number of pyridine rings is 1. The predicted octanol–water partition coefficient (Wildman–Crippen LogP) is 0.868. The number of hydrogen-bond acceptors (Lipinski definition) is 3. The van der Waals surface area contributed by atoms with Crippen molar-refractivity contribution in [2.45, 2.75) is 0 Å². The minimum Gasteiger partial charge on any atom is -0.465 e. The molecule has 0 atom stereocenters. The van der Waals surface area contributed by atoms with Crippen molar-refractivity contribution in [2.75, 3.05) is 7.11 Å². The fourth-order valence-corrected chi connectivity index (χ4v) is 0.601. The molecule has 3 nitrogen and oxygen atoms in total. The van der Waals surface area contributed by atoms with E-state index in [9.17, 15) is 4.79 Å². The van der Waals surface area contributed by atoms with Crippen LogP contribution in [0.25, 0.3) is 0 Å². The largest absolute Gasteiger partial charge is 0.465 e. The van der Waals surface area contributed by atoms with Crippen LogP contribution in [0.3, 0.4) is 0 Å². The molecule has 0 aromatic carbocycles. The molecule has 0 radical (unpaired) electrons. The first-order chi connectivity index (χ1) is 4.84. The molecule has 0 fully saturated rings. The molecular weight excluding hydrogens is 129 g/mol. The number of rotatable bonds is 1. The Balaban J connectivity index is 2.85. The van der Waals surface area contributed by atoms with Gasteiger partial charge in [0, 0.05) is 12.4 Å². The molecule has 1 heterocycles. The van der Waals surface area contributed by atoms with Crippen LogP contribution in [-0.2, 0) is 4.74 Å². The van der Waals surface area contributed by atoms with Gasteiger partial charge in [-0.3, -0.25) is 4.98 Å². The minimum atomic E-state index is -0.354. The SMILES string of the molecule is CO[11C](=O)c1cccnc1. The Morgan fingerprint density at radius 1 is 1.70 bits per heavy atom. The van der Waals surface area contributed by atoms with Gasteiger partial charge in [0.1, 0.15) is 0 Å². The standard InChI is InChI=1S/C7H7NO2/c1-10-7(9)6-3-2-4-8-5-6/h2-5H,1H3/i7-1. The summed E-state index contributed by atoms with van der Waals surface area (Å²) in [6.07, 6.45) is 3.07. The van der Waals surface area contributed by atoms with Crippen molar-refractivity contribution in [3.63, 3.8) is 0 Å². The topological polar surface area (TPSA) is 39.2 Å². The molecule has 0 aliphatic carbocycles. The Labute approximate surface area is 58.7 Å². The first-order valence-electron chi connectivity index (χ1n) is 2.83. The maximum atomic E-state index is 10.8. The highest BCUT2D eigenvalue weighted by Gasteiger charge is 2.01. The van der Waals surface area contributed by atoms with Gasteiger partial charge in [0.25, 0.3) is 0 Å². The number of carbonyl (C=O) groups is 1. The van der Waals surface area contributed by atoms with Gasteiger partial charge in [-0.1, -0.05) is 0 Å². The summed E-state index contributed by atoms with van der Waals surface area (Å²) in [4.78, 5) is 14.5. The summed E-state index contributed by atoms with van der Waals surface area (Å²) in [6.45, 7) is 0. The molecular formula is C7H7NO2. The van der Waals surface area contributed by atoms with Crippen molar-refractivity contribution in [3.8, 4) is 0 Å². The van der Waals surface area contributed by atoms with Crippen molar-refractivity contribution < 1.29 is 9.53 Å². The summed E-state index contributed by atoms with van der Waals surface area (Å²) in [5.41, 5.74) is 0.477. The number of esters is 1. The number of methoxy groups -OCH3 is 1. The van der Waals surface area contributed by atoms with Crippen LogP contribution < -0.4 is 0 Å². The van der Waals surface area contributed by atoms with E-state index < -0.39 is 0 Å². The summed E-state index contributed by atoms with van der Waals surface area (Å²) in [5, 5.41) is 0. The highest BCUT2D eigenvalue weighted by atomic mass is 16.5. The van der Waals surface area contributed by atoms with Gasteiger partial charge in [-0.2, -0.15) is 0 Å². The quantitative estimate of drug-likeness (QED) is 0.538. The lowest BCUT2D eigenvalue weighted by Gasteiger charge is -1.94. The Kier molecular flexibility index (Phi) is 1.99. The Bertz CT molecular complexity index is 220. The van der Waals surface area contributed by atoms with E-state index in [4.69, 9.17) is 0 Å². The Hall–Kier alpha value is -1.38. The number of aromatic nitrogens is 1. The molecule has 0 unspecified atom stereocenters. The maximum Gasteiger partial charge on any atom is 0.339 e. The van der Waals surface area contributed by atoms with E-state index in [2.05, 4.69) is 9.72 Å². The fourth-order valence-electron chi connectivity index (χ4n) is 0.601. The van der Waals surface area contributed by atoms with E-state index >= 15 is 0 Å². The molecule has 0 aliphatic rings. The van der Waals surface area contributed by atoms with E-state index in [1.165, 1.54) is 13.3 Å². The van der Waals surface area contributed by atoms with Gasteiger partial charge >= 0.3 is 5.97 Å². The first-order valence-corrected chi connectivity index (χ1v) is 2.83. The molecule has 0 N–H and O–H groups in total. The average molecular weight is 136 g/mol. The average Bonchev–Trinajstić information content (AvgIpc) is 2.05. The van der Waals surface area contributed by atoms with Crippen molar-refractivity contribution in [3.05, 3.63) is 30.1 Å². The lowest BCUT2D eigenvalue weighted by molar-refractivity contribution is 0.0600. The highest BCUT2D eigenvalue weighted by molar-refractivity contribution is 5.88. The van der Waals surface area contributed by atoms with Crippen LogP contribution in [0, 0.1) is 0 Å². The molecule has 1 aromatic heterocycles. The number of carbonyl (C=O) groups excluding carboxylic acids is 1. The van der Waals surface area contributed by atoms with E-state index in [0.717, 1.165) is 0 Å². The molecule has 1 aromatic rings. The van der Waals surface area contributed by atoms with Crippen molar-refractivity contribution >= 4 is 5.97 Å². The summed E-state index contributed by atoms with van der Waals surface area (Å²) < 4.78 is 4.46. The molecule has 0 aliphatic heterocycles. The van der Waals surface area contributed by atoms with E-state index in [0.29, 0.717) is 5.56 Å². The fraction of sp³-hybridized carbons (Fsp3) is 0.143. The second-order valence-corrected chi connectivity index (χ2v) is 1.73. The molecule has 0 saturated carbocycles. The third-order valence-corrected chi connectivity index (χ3v) is 1.08. The van der Waals surface area contributed by atoms with Crippen LogP contribution in [0.15, 0.2) is 24.5 Å². The third-order valence-electron chi connectivity index (χ3n) is 1.08. The van der Waals surface area contributed by atoms with Crippen LogP contribution in [0.2, 0.25) is 0 Å². The molecule has 0 bridgehead atoms. The highest BCUT2D eigenvalue weighted by Crippen LogP contribution is 1.96.